The molecule has 0 heterocycles. The van der Waals surface area contributed by atoms with Crippen LogP contribution in [0.5, 0.6) is 0 Å². The molecule has 0 aliphatic carbocycles. The first-order chi connectivity index (χ1) is 13.0. The van der Waals surface area contributed by atoms with Crippen molar-refractivity contribution in [1.82, 2.24) is 0 Å². The highest BCUT2D eigenvalue weighted by Crippen LogP contribution is 2.31. The Morgan fingerprint density at radius 2 is 1.41 bits per heavy atom. The Labute approximate surface area is 166 Å². The lowest BCUT2D eigenvalue weighted by Crippen LogP contribution is -2.14. The largest absolute Gasteiger partial charge is 0.395 e. The number of benzene rings is 3. The number of nitrogens with zero attached hydrogens (tertiary/aromatic N) is 1. The van der Waals surface area contributed by atoms with E-state index in [-0.39, 0.29) is 5.41 Å². The molecule has 0 amide bonds. The van der Waals surface area contributed by atoms with Gasteiger partial charge in [-0.15, -0.1) is 0 Å². The van der Waals surface area contributed by atoms with E-state index in [1.165, 1.54) is 4.90 Å². The lowest BCUT2D eigenvalue weighted by molar-refractivity contribution is 0.0774. The topological polar surface area (TPSA) is 21.6 Å². The number of hydrogen-bond donors (Lipinski definition) is 0. The fraction of sp³-hybridized carbons (Fsp3) is 0.208. The maximum atomic E-state index is 5.75. The molecule has 0 radical (unpaired) electrons. The molecule has 0 aliphatic heterocycles. The minimum Gasteiger partial charge on any atom is -0.395 e. The van der Waals surface area contributed by atoms with Gasteiger partial charge in [0.25, 0.3) is 0 Å². The first-order valence-corrected chi connectivity index (χ1v) is 9.92. The van der Waals surface area contributed by atoms with Crippen LogP contribution in [-0.4, -0.2) is 12.3 Å². The molecule has 0 spiro atoms. The first kappa shape index (κ1) is 19.2. The van der Waals surface area contributed by atoms with Gasteiger partial charge < -0.3 is 4.84 Å². The van der Waals surface area contributed by atoms with E-state index in [1.54, 1.807) is 11.8 Å². The highest BCUT2D eigenvalue weighted by atomic mass is 32.2. The Bertz CT molecular complexity index is 883. The van der Waals surface area contributed by atoms with Gasteiger partial charge in [0.1, 0.15) is 12.3 Å². The van der Waals surface area contributed by atoms with Crippen LogP contribution in [0.2, 0.25) is 0 Å². The summed E-state index contributed by atoms with van der Waals surface area (Å²) in [5.74, 6) is 0. The molecule has 0 saturated carbocycles. The number of rotatable bonds is 6. The summed E-state index contributed by atoms with van der Waals surface area (Å²) in [5, 5.41) is 4.56. The first-order valence-electron chi connectivity index (χ1n) is 9.11. The van der Waals surface area contributed by atoms with Crippen LogP contribution in [-0.2, 0) is 4.84 Å². The highest BCUT2D eigenvalue weighted by Gasteiger charge is 2.15. The van der Waals surface area contributed by atoms with Crippen LogP contribution in [0.4, 0.5) is 0 Å². The summed E-state index contributed by atoms with van der Waals surface area (Å²) in [6.07, 6.45) is 0. The van der Waals surface area contributed by atoms with Gasteiger partial charge in [-0.25, -0.2) is 0 Å². The molecule has 0 saturated heterocycles. The zero-order valence-electron chi connectivity index (χ0n) is 16.1. The van der Waals surface area contributed by atoms with E-state index < -0.39 is 0 Å². The van der Waals surface area contributed by atoms with Crippen molar-refractivity contribution in [3.63, 3.8) is 0 Å². The van der Waals surface area contributed by atoms with Crippen LogP contribution in [0.1, 0.15) is 31.9 Å². The van der Waals surface area contributed by atoms with Gasteiger partial charge >= 0.3 is 0 Å². The Morgan fingerprint density at radius 1 is 0.815 bits per heavy atom. The maximum absolute atomic E-state index is 5.75. The van der Waals surface area contributed by atoms with Gasteiger partial charge in [-0.1, -0.05) is 104 Å². The third-order valence-corrected chi connectivity index (χ3v) is 4.90. The second kappa shape index (κ2) is 8.92. The molecule has 0 N–H and O–H groups in total. The van der Waals surface area contributed by atoms with Crippen molar-refractivity contribution in [2.45, 2.75) is 30.6 Å². The fourth-order valence-corrected chi connectivity index (χ4v) is 3.48. The van der Waals surface area contributed by atoms with Crippen molar-refractivity contribution in [2.75, 3.05) is 6.61 Å². The van der Waals surface area contributed by atoms with Gasteiger partial charge in [0, 0.05) is 20.9 Å². The summed E-state index contributed by atoms with van der Waals surface area (Å²) in [7, 11) is 0. The minimum absolute atomic E-state index is 0.0591. The quantitative estimate of drug-likeness (QED) is 0.355. The Balaban J connectivity index is 1.98. The Kier molecular flexibility index (Phi) is 6.36. The smallest absolute Gasteiger partial charge is 0.122 e. The molecule has 0 bridgehead atoms. The van der Waals surface area contributed by atoms with E-state index in [2.05, 4.69) is 80.5 Å². The van der Waals surface area contributed by atoms with Crippen LogP contribution in [0, 0.1) is 5.41 Å². The highest BCUT2D eigenvalue weighted by molar-refractivity contribution is 7.99. The van der Waals surface area contributed by atoms with Crippen LogP contribution >= 0.6 is 11.8 Å². The normalized spacial score (nSPS) is 12.0. The lowest BCUT2D eigenvalue weighted by atomic mass is 9.99. The molecule has 3 aromatic carbocycles. The standard InChI is InChI=1S/C24H25NOS/c1-24(2,3)18-26-25-23(19-12-6-4-7-13-19)21-16-10-11-17-22(21)27-20-14-8-5-9-15-20/h4-17H,18H2,1-3H3/b25-23-. The molecule has 138 valence electrons. The predicted molar refractivity (Wildman–Crippen MR) is 114 cm³/mol. The Hall–Kier alpha value is -2.52. The van der Waals surface area contributed by atoms with E-state index in [0.29, 0.717) is 6.61 Å². The summed E-state index contributed by atoms with van der Waals surface area (Å²) in [6.45, 7) is 7.00. The molecule has 3 heteroatoms. The number of oxime groups is 1. The summed E-state index contributed by atoms with van der Waals surface area (Å²) in [4.78, 5) is 8.11. The van der Waals surface area contributed by atoms with E-state index in [0.717, 1.165) is 21.7 Å². The van der Waals surface area contributed by atoms with Crippen LogP contribution in [0.15, 0.2) is 99.9 Å². The molecule has 0 unspecified atom stereocenters. The third-order valence-electron chi connectivity index (χ3n) is 3.81. The Morgan fingerprint density at radius 3 is 2.07 bits per heavy atom. The molecule has 0 atom stereocenters. The zero-order valence-corrected chi connectivity index (χ0v) is 16.9. The average molecular weight is 376 g/mol. The van der Waals surface area contributed by atoms with Crippen molar-refractivity contribution in [1.29, 1.82) is 0 Å². The van der Waals surface area contributed by atoms with Gasteiger partial charge in [-0.2, -0.15) is 0 Å². The SMILES string of the molecule is CC(C)(C)CO/N=C(/c1ccccc1)c1ccccc1Sc1ccccc1. The lowest BCUT2D eigenvalue weighted by Gasteiger charge is -2.17. The zero-order chi connectivity index (χ0) is 19.1. The summed E-state index contributed by atoms with van der Waals surface area (Å²) >= 11 is 1.74. The number of hydrogen-bond acceptors (Lipinski definition) is 3. The summed E-state index contributed by atoms with van der Waals surface area (Å²) in [6, 6.07) is 29.0. The molecule has 27 heavy (non-hydrogen) atoms. The molecule has 3 aromatic rings. The molecule has 0 fully saturated rings. The van der Waals surface area contributed by atoms with Crippen molar-refractivity contribution < 1.29 is 4.84 Å². The molecular weight excluding hydrogens is 350 g/mol. The minimum atomic E-state index is 0.0591. The maximum Gasteiger partial charge on any atom is 0.122 e. The molecule has 0 aromatic heterocycles. The predicted octanol–water partition coefficient (Wildman–Crippen LogP) is 6.65. The van der Waals surface area contributed by atoms with Gasteiger partial charge in [0.05, 0.1) is 0 Å². The van der Waals surface area contributed by atoms with Gasteiger partial charge in [-0.05, 0) is 23.6 Å². The van der Waals surface area contributed by atoms with E-state index in [1.807, 2.05) is 30.3 Å². The van der Waals surface area contributed by atoms with Crippen molar-refractivity contribution in [3.8, 4) is 0 Å². The van der Waals surface area contributed by atoms with Crippen LogP contribution in [0.25, 0.3) is 0 Å². The van der Waals surface area contributed by atoms with E-state index >= 15 is 0 Å². The van der Waals surface area contributed by atoms with Gasteiger partial charge in [-0.3, -0.25) is 0 Å². The summed E-state index contributed by atoms with van der Waals surface area (Å²) < 4.78 is 0. The fourth-order valence-electron chi connectivity index (χ4n) is 2.51. The molecule has 2 nitrogen and oxygen atoms in total. The molecular formula is C24H25NOS. The molecule has 3 rings (SSSR count). The van der Waals surface area contributed by atoms with E-state index in [4.69, 9.17) is 4.84 Å². The third kappa shape index (κ3) is 5.73. The van der Waals surface area contributed by atoms with Crippen molar-refractivity contribution >= 4 is 17.5 Å². The molecule has 0 aliphatic rings. The van der Waals surface area contributed by atoms with Gasteiger partial charge in [0.2, 0.25) is 0 Å². The van der Waals surface area contributed by atoms with E-state index in [9.17, 15) is 0 Å². The monoisotopic (exact) mass is 375 g/mol. The van der Waals surface area contributed by atoms with Crippen molar-refractivity contribution in [2.24, 2.45) is 10.6 Å². The second-order valence-corrected chi connectivity index (χ2v) is 8.67. The average Bonchev–Trinajstić information content (AvgIpc) is 2.67. The van der Waals surface area contributed by atoms with Crippen molar-refractivity contribution in [3.05, 3.63) is 96.1 Å². The van der Waals surface area contributed by atoms with Crippen LogP contribution in [0.3, 0.4) is 0 Å². The van der Waals surface area contributed by atoms with Crippen LogP contribution < -0.4 is 0 Å². The second-order valence-electron chi connectivity index (χ2n) is 7.55. The summed E-state index contributed by atoms with van der Waals surface area (Å²) in [5.41, 5.74) is 3.04. The van der Waals surface area contributed by atoms with Gasteiger partial charge in [0.15, 0.2) is 0 Å².